The van der Waals surface area contributed by atoms with Crippen molar-refractivity contribution in [3.8, 4) is 84.6 Å². The van der Waals surface area contributed by atoms with Gasteiger partial charge in [0, 0.05) is 93.8 Å². The van der Waals surface area contributed by atoms with Gasteiger partial charge < -0.3 is 18.3 Å². The third-order valence-corrected chi connectivity index (χ3v) is 18.7. The minimum absolute atomic E-state index is 0.555. The lowest BCUT2D eigenvalue weighted by Gasteiger charge is -2.26. The predicted octanol–water partition coefficient (Wildman–Crippen LogP) is 22.0. The van der Waals surface area contributed by atoms with E-state index in [1.807, 2.05) is 0 Å². The summed E-state index contributed by atoms with van der Waals surface area (Å²) < 4.78 is 9.45. The highest BCUT2D eigenvalue weighted by atomic mass is 15.0. The summed E-state index contributed by atoms with van der Waals surface area (Å²) in [6, 6.07) is 114. The normalized spacial score (nSPS) is 11.8. The zero-order valence-corrected chi connectivity index (χ0v) is 49.6. The van der Waals surface area contributed by atoms with Gasteiger partial charge >= 0.3 is 0 Å². The van der Waals surface area contributed by atoms with Gasteiger partial charge in [-0.15, -0.1) is 0 Å². The molecule has 18 aromatic rings. The van der Waals surface area contributed by atoms with E-state index in [4.69, 9.17) is 4.98 Å². The van der Waals surface area contributed by atoms with Crippen molar-refractivity contribution in [2.24, 2.45) is 0 Å². The fourth-order valence-corrected chi connectivity index (χ4v) is 14.9. The zero-order chi connectivity index (χ0) is 60.3. The third kappa shape index (κ3) is 8.01. The Morgan fingerprint density at radius 1 is 0.242 bits per heavy atom. The van der Waals surface area contributed by atoms with E-state index in [9.17, 15) is 5.26 Å². The highest BCUT2D eigenvalue weighted by molar-refractivity contribution is 6.14. The number of para-hydroxylation sites is 8. The number of fused-ring (bicyclic) bond motifs is 12. The van der Waals surface area contributed by atoms with Crippen molar-refractivity contribution >= 4 is 87.2 Å². The van der Waals surface area contributed by atoms with Crippen LogP contribution in [0.2, 0.25) is 0 Å². The number of hydrogen-bond acceptors (Lipinski definition) is 2. The van der Waals surface area contributed by atoms with Gasteiger partial charge in [0.15, 0.2) is 0 Å². The molecule has 5 heterocycles. The van der Waals surface area contributed by atoms with Gasteiger partial charge in [0.1, 0.15) is 6.07 Å². The van der Waals surface area contributed by atoms with Crippen LogP contribution in [-0.2, 0) is 0 Å². The van der Waals surface area contributed by atoms with E-state index >= 15 is 0 Å². The summed E-state index contributed by atoms with van der Waals surface area (Å²) in [5.74, 6) is 0. The first-order valence-corrected chi connectivity index (χ1v) is 31.0. The van der Waals surface area contributed by atoms with Crippen molar-refractivity contribution in [1.29, 1.82) is 5.26 Å². The van der Waals surface area contributed by atoms with Gasteiger partial charge in [0.05, 0.1) is 55.4 Å². The van der Waals surface area contributed by atoms with Crippen molar-refractivity contribution in [3.05, 3.63) is 321 Å². The Hall–Kier alpha value is -12.3. The molecule has 0 atom stereocenters. The molecule has 91 heavy (non-hydrogen) atoms. The first-order valence-electron chi connectivity index (χ1n) is 31.0. The van der Waals surface area contributed by atoms with Gasteiger partial charge in [-0.3, -0.25) is 4.98 Å². The summed E-state index contributed by atoms with van der Waals surface area (Å²) >= 11 is 0. The standard InChI is InChI=1S/C85H54N6/c1-54-19-18-28-72(87-54)85-82(56-39-47-60(48-40-56)89-75-31-12-4-22-65(75)66-23-5-13-32-76(66)89)71(53-86)81(55-37-45-59(46-38-55)88-73-29-10-2-20-63(73)64-21-3-11-30-74(64)88)83(57-41-49-61(50-42-57)90-77-33-14-6-24-67(77)68-25-7-15-34-78(68)90)84(85)58-43-51-62(52-44-58)91-79-35-16-8-26-69(79)70-27-9-17-36-80(70)91/h2-52H,1H3. The fraction of sp³-hybridized carbons (Fsp3) is 0.0118. The molecule has 0 radical (unpaired) electrons. The number of rotatable bonds is 9. The van der Waals surface area contributed by atoms with Crippen LogP contribution >= 0.6 is 0 Å². The Bertz CT molecular complexity index is 5790. The molecule has 0 saturated carbocycles. The number of nitrogens with zero attached hydrogens (tertiary/aromatic N) is 6. The van der Waals surface area contributed by atoms with Crippen LogP contribution in [0.15, 0.2) is 309 Å². The maximum atomic E-state index is 12.5. The molecule has 0 N–H and O–H groups in total. The molecule has 0 saturated heterocycles. The molecule has 0 spiro atoms. The molecular formula is C85H54N6. The molecule has 5 aromatic heterocycles. The number of nitriles is 1. The van der Waals surface area contributed by atoms with Gasteiger partial charge in [-0.05, 0) is 144 Å². The average molecular weight is 1160 g/mol. The molecule has 0 bridgehead atoms. The average Bonchev–Trinajstić information content (AvgIpc) is 1.74. The van der Waals surface area contributed by atoms with Crippen LogP contribution in [0, 0.1) is 18.3 Å². The van der Waals surface area contributed by atoms with Gasteiger partial charge in [-0.25, -0.2) is 0 Å². The van der Waals surface area contributed by atoms with Crippen LogP contribution in [0.25, 0.3) is 166 Å². The maximum Gasteiger partial charge on any atom is 0.100 e. The summed E-state index contributed by atoms with van der Waals surface area (Å²) in [4.78, 5) is 5.45. The van der Waals surface area contributed by atoms with E-state index in [-0.39, 0.29) is 0 Å². The van der Waals surface area contributed by atoms with Gasteiger partial charge in [-0.1, -0.05) is 200 Å². The number of benzene rings is 13. The molecule has 0 unspecified atom stereocenters. The summed E-state index contributed by atoms with van der Waals surface area (Å²) in [7, 11) is 0. The van der Waals surface area contributed by atoms with Gasteiger partial charge in [-0.2, -0.15) is 5.26 Å². The van der Waals surface area contributed by atoms with Crippen molar-refractivity contribution in [1.82, 2.24) is 23.3 Å². The van der Waals surface area contributed by atoms with Crippen LogP contribution in [-0.4, -0.2) is 23.3 Å². The Balaban J connectivity index is 0.940. The number of pyridine rings is 1. The van der Waals surface area contributed by atoms with Gasteiger partial charge in [0.25, 0.3) is 0 Å². The molecule has 0 aliphatic heterocycles. The molecule has 6 heteroatoms. The Morgan fingerprint density at radius 2 is 0.473 bits per heavy atom. The predicted molar refractivity (Wildman–Crippen MR) is 378 cm³/mol. The van der Waals surface area contributed by atoms with E-state index in [0.717, 1.165) is 128 Å². The number of hydrogen-bond donors (Lipinski definition) is 0. The van der Waals surface area contributed by atoms with Crippen LogP contribution < -0.4 is 0 Å². The van der Waals surface area contributed by atoms with E-state index in [2.05, 4.69) is 341 Å². The largest absolute Gasteiger partial charge is 0.309 e. The molecule has 424 valence electrons. The molecule has 0 amide bonds. The maximum absolute atomic E-state index is 12.5. The first-order chi connectivity index (χ1) is 45.1. The highest BCUT2D eigenvalue weighted by Crippen LogP contribution is 2.53. The van der Waals surface area contributed by atoms with E-state index in [0.29, 0.717) is 5.56 Å². The zero-order valence-electron chi connectivity index (χ0n) is 49.6. The second-order valence-corrected chi connectivity index (χ2v) is 23.7. The van der Waals surface area contributed by atoms with Crippen LogP contribution in [0.5, 0.6) is 0 Å². The van der Waals surface area contributed by atoms with Crippen LogP contribution in [0.3, 0.4) is 0 Å². The van der Waals surface area contributed by atoms with E-state index in [1.165, 1.54) is 43.1 Å². The topological polar surface area (TPSA) is 56.4 Å². The third-order valence-electron chi connectivity index (χ3n) is 18.7. The molecular weight excluding hydrogens is 1100 g/mol. The molecule has 0 aliphatic rings. The van der Waals surface area contributed by atoms with Crippen molar-refractivity contribution in [2.75, 3.05) is 0 Å². The molecule has 6 nitrogen and oxygen atoms in total. The first kappa shape index (κ1) is 51.9. The second-order valence-electron chi connectivity index (χ2n) is 23.7. The highest BCUT2D eigenvalue weighted by Gasteiger charge is 2.30. The molecule has 13 aromatic carbocycles. The lowest BCUT2D eigenvalue weighted by molar-refractivity contribution is 1.18. The summed E-state index contributed by atoms with van der Waals surface area (Å²) in [5, 5.41) is 22.1. The minimum Gasteiger partial charge on any atom is -0.309 e. The number of aromatic nitrogens is 5. The Morgan fingerprint density at radius 3 is 0.725 bits per heavy atom. The quantitative estimate of drug-likeness (QED) is 0.145. The minimum atomic E-state index is 0.555. The molecule has 18 rings (SSSR count). The smallest absolute Gasteiger partial charge is 0.100 e. The number of aryl methyl sites for hydroxylation is 1. The lowest BCUT2D eigenvalue weighted by Crippen LogP contribution is -2.04. The molecule has 0 fully saturated rings. The Labute approximate surface area is 524 Å². The van der Waals surface area contributed by atoms with E-state index < -0.39 is 0 Å². The SMILES string of the molecule is Cc1cccc(-c2c(-c3ccc(-n4c5ccccc5c5ccccc54)cc3)c(C#N)c(-c3ccc(-n4c5ccccc5c5ccccc54)cc3)c(-c3ccc(-n4c5ccccc5c5ccccc54)cc3)c2-c2ccc(-n3c4ccccc4c4ccccc43)cc2)n1. The summed E-state index contributed by atoms with van der Waals surface area (Å²) in [6.07, 6.45) is 0. The van der Waals surface area contributed by atoms with Gasteiger partial charge in [0.2, 0.25) is 0 Å². The van der Waals surface area contributed by atoms with E-state index in [1.54, 1.807) is 0 Å². The van der Waals surface area contributed by atoms with Crippen molar-refractivity contribution < 1.29 is 0 Å². The van der Waals surface area contributed by atoms with Crippen LogP contribution in [0.1, 0.15) is 11.3 Å². The second kappa shape index (κ2) is 20.7. The lowest BCUT2D eigenvalue weighted by atomic mass is 9.76. The summed E-state index contributed by atoms with van der Waals surface area (Å²) in [5.41, 5.74) is 23.6. The monoisotopic (exact) mass is 1160 g/mol. The fourth-order valence-electron chi connectivity index (χ4n) is 14.9. The van der Waals surface area contributed by atoms with Crippen LogP contribution in [0.4, 0.5) is 0 Å². The summed E-state index contributed by atoms with van der Waals surface area (Å²) in [6.45, 7) is 2.05. The Kier molecular flexibility index (Phi) is 11.8. The molecule has 0 aliphatic carbocycles. The van der Waals surface area contributed by atoms with Crippen molar-refractivity contribution in [2.45, 2.75) is 6.92 Å². The van der Waals surface area contributed by atoms with Crippen molar-refractivity contribution in [3.63, 3.8) is 0 Å².